The van der Waals surface area contributed by atoms with Crippen LogP contribution in [0.3, 0.4) is 0 Å². The van der Waals surface area contributed by atoms with Crippen molar-refractivity contribution in [2.45, 2.75) is 39.4 Å². The number of benzene rings is 1. The average Bonchev–Trinajstić information content (AvgIpc) is 2.34. The molecule has 0 aliphatic heterocycles. The Bertz CT molecular complexity index is 403. The Balaban J connectivity index is 2.46. The molecule has 0 radical (unpaired) electrons. The van der Waals surface area contributed by atoms with Gasteiger partial charge in [-0.05, 0) is 45.4 Å². The number of carbonyl (C=O) groups is 1. The van der Waals surface area contributed by atoms with Gasteiger partial charge in [0.1, 0.15) is 18.0 Å². The minimum Gasteiger partial charge on any atom is -0.497 e. The monoisotopic (exact) mass is 266 g/mol. The predicted molar refractivity (Wildman–Crippen MR) is 73.2 cm³/mol. The van der Waals surface area contributed by atoms with E-state index in [1.54, 1.807) is 7.11 Å². The molecule has 0 aromatic heterocycles. The van der Waals surface area contributed by atoms with Gasteiger partial charge in [-0.3, -0.25) is 0 Å². The van der Waals surface area contributed by atoms with Crippen LogP contribution in [0.4, 0.5) is 0 Å². The Morgan fingerprint density at radius 2 is 1.79 bits per heavy atom. The van der Waals surface area contributed by atoms with Crippen LogP contribution in [0.5, 0.6) is 5.75 Å². The van der Waals surface area contributed by atoms with Crippen LogP contribution in [0, 0.1) is 0 Å². The third kappa shape index (κ3) is 5.75. The van der Waals surface area contributed by atoms with Crippen LogP contribution in [-0.2, 0) is 14.3 Å². The lowest BCUT2D eigenvalue weighted by molar-refractivity contribution is -0.162. The quantitative estimate of drug-likeness (QED) is 0.768. The number of hydrogen-bond acceptors (Lipinski definition) is 4. The standard InChI is InChI=1S/C15H22O4/c1-11(12-6-8-13(17-5)9-7-12)18-10-14(16)19-15(2,3)4/h6-9,11H,10H2,1-5H3. The first-order valence-corrected chi connectivity index (χ1v) is 6.29. The summed E-state index contributed by atoms with van der Waals surface area (Å²) in [5.41, 5.74) is 0.508. The Labute approximate surface area is 114 Å². The second-order valence-corrected chi connectivity index (χ2v) is 5.31. The maximum absolute atomic E-state index is 11.5. The van der Waals surface area contributed by atoms with Gasteiger partial charge >= 0.3 is 5.97 Å². The van der Waals surface area contributed by atoms with E-state index in [9.17, 15) is 4.79 Å². The fourth-order valence-electron chi connectivity index (χ4n) is 1.54. The number of ether oxygens (including phenoxy) is 3. The fraction of sp³-hybridized carbons (Fsp3) is 0.533. The molecule has 0 heterocycles. The number of esters is 1. The zero-order valence-corrected chi connectivity index (χ0v) is 12.2. The minimum absolute atomic E-state index is 0.0511. The highest BCUT2D eigenvalue weighted by Gasteiger charge is 2.17. The van der Waals surface area contributed by atoms with Crippen LogP contribution in [-0.4, -0.2) is 25.3 Å². The van der Waals surface area contributed by atoms with E-state index in [0.717, 1.165) is 11.3 Å². The molecule has 1 atom stereocenters. The van der Waals surface area contributed by atoms with Gasteiger partial charge in [0.25, 0.3) is 0 Å². The Kier molecular flexibility index (Phi) is 5.36. The summed E-state index contributed by atoms with van der Waals surface area (Å²) in [6.45, 7) is 7.34. The SMILES string of the molecule is COc1ccc(C(C)OCC(=O)OC(C)(C)C)cc1. The van der Waals surface area contributed by atoms with E-state index >= 15 is 0 Å². The summed E-state index contributed by atoms with van der Waals surface area (Å²) in [5.74, 6) is 0.441. The molecule has 0 saturated carbocycles. The normalized spacial score (nSPS) is 12.9. The van der Waals surface area contributed by atoms with E-state index in [4.69, 9.17) is 14.2 Å². The van der Waals surface area contributed by atoms with Gasteiger partial charge in [-0.2, -0.15) is 0 Å². The third-order valence-corrected chi connectivity index (χ3v) is 2.46. The first-order chi connectivity index (χ1) is 8.81. The number of methoxy groups -OCH3 is 1. The molecule has 0 aliphatic rings. The van der Waals surface area contributed by atoms with Crippen molar-refractivity contribution in [3.8, 4) is 5.75 Å². The molecule has 0 aliphatic carbocycles. The molecular weight excluding hydrogens is 244 g/mol. The molecule has 4 nitrogen and oxygen atoms in total. The maximum atomic E-state index is 11.5. The van der Waals surface area contributed by atoms with E-state index in [1.165, 1.54) is 0 Å². The van der Waals surface area contributed by atoms with Gasteiger partial charge in [0.2, 0.25) is 0 Å². The Hall–Kier alpha value is -1.55. The number of rotatable bonds is 5. The summed E-state index contributed by atoms with van der Waals surface area (Å²) in [5, 5.41) is 0. The Morgan fingerprint density at radius 3 is 2.26 bits per heavy atom. The van der Waals surface area contributed by atoms with E-state index in [0.29, 0.717) is 0 Å². The van der Waals surface area contributed by atoms with Crippen molar-refractivity contribution >= 4 is 5.97 Å². The molecule has 0 fully saturated rings. The summed E-state index contributed by atoms with van der Waals surface area (Å²) in [6, 6.07) is 7.56. The largest absolute Gasteiger partial charge is 0.497 e. The molecule has 1 aromatic carbocycles. The van der Waals surface area contributed by atoms with E-state index < -0.39 is 5.60 Å². The summed E-state index contributed by atoms with van der Waals surface area (Å²) in [4.78, 5) is 11.5. The molecule has 1 rings (SSSR count). The second kappa shape index (κ2) is 6.57. The van der Waals surface area contributed by atoms with Crippen LogP contribution in [0.25, 0.3) is 0 Å². The van der Waals surface area contributed by atoms with Gasteiger partial charge in [0.05, 0.1) is 13.2 Å². The molecule has 1 unspecified atom stereocenters. The first kappa shape index (κ1) is 15.5. The molecule has 1 aromatic rings. The van der Waals surface area contributed by atoms with Crippen molar-refractivity contribution in [2.75, 3.05) is 13.7 Å². The highest BCUT2D eigenvalue weighted by Crippen LogP contribution is 2.20. The lowest BCUT2D eigenvalue weighted by Crippen LogP contribution is -2.26. The number of hydrogen-bond donors (Lipinski definition) is 0. The van der Waals surface area contributed by atoms with Gasteiger partial charge in [-0.15, -0.1) is 0 Å². The first-order valence-electron chi connectivity index (χ1n) is 6.29. The van der Waals surface area contributed by atoms with Crippen LogP contribution >= 0.6 is 0 Å². The molecule has 106 valence electrons. The predicted octanol–water partition coefficient (Wildman–Crippen LogP) is 3.11. The van der Waals surface area contributed by atoms with E-state index in [2.05, 4.69) is 0 Å². The molecule has 0 spiro atoms. The van der Waals surface area contributed by atoms with Crippen molar-refractivity contribution < 1.29 is 19.0 Å². The fourth-order valence-corrected chi connectivity index (χ4v) is 1.54. The van der Waals surface area contributed by atoms with Crippen molar-refractivity contribution in [1.29, 1.82) is 0 Å². The third-order valence-electron chi connectivity index (χ3n) is 2.46. The molecular formula is C15H22O4. The van der Waals surface area contributed by atoms with Gasteiger partial charge in [0, 0.05) is 0 Å². The summed E-state index contributed by atoms with van der Waals surface area (Å²) >= 11 is 0. The molecule has 19 heavy (non-hydrogen) atoms. The van der Waals surface area contributed by atoms with Crippen LogP contribution in [0.2, 0.25) is 0 Å². The van der Waals surface area contributed by atoms with Crippen LogP contribution < -0.4 is 4.74 Å². The molecule has 0 bridgehead atoms. The highest BCUT2D eigenvalue weighted by atomic mass is 16.6. The van der Waals surface area contributed by atoms with Crippen LogP contribution in [0.1, 0.15) is 39.4 Å². The molecule has 0 N–H and O–H groups in total. The number of carbonyl (C=O) groups excluding carboxylic acids is 1. The maximum Gasteiger partial charge on any atom is 0.332 e. The summed E-state index contributed by atoms with van der Waals surface area (Å²) in [7, 11) is 1.62. The summed E-state index contributed by atoms with van der Waals surface area (Å²) in [6.07, 6.45) is -0.168. The molecule has 0 amide bonds. The second-order valence-electron chi connectivity index (χ2n) is 5.31. The van der Waals surface area contributed by atoms with Gasteiger partial charge < -0.3 is 14.2 Å². The topological polar surface area (TPSA) is 44.8 Å². The molecule has 0 saturated heterocycles. The Morgan fingerprint density at radius 1 is 1.21 bits per heavy atom. The lowest BCUT2D eigenvalue weighted by atomic mass is 10.1. The molecule has 4 heteroatoms. The minimum atomic E-state index is -0.482. The van der Waals surface area contributed by atoms with Crippen molar-refractivity contribution in [2.24, 2.45) is 0 Å². The zero-order valence-electron chi connectivity index (χ0n) is 12.2. The van der Waals surface area contributed by atoms with E-state index in [-0.39, 0.29) is 18.7 Å². The van der Waals surface area contributed by atoms with Gasteiger partial charge in [-0.25, -0.2) is 4.79 Å². The van der Waals surface area contributed by atoms with Gasteiger partial charge in [-0.1, -0.05) is 12.1 Å². The van der Waals surface area contributed by atoms with Crippen LogP contribution in [0.15, 0.2) is 24.3 Å². The van der Waals surface area contributed by atoms with Crippen molar-refractivity contribution in [3.63, 3.8) is 0 Å². The average molecular weight is 266 g/mol. The van der Waals surface area contributed by atoms with Crippen molar-refractivity contribution in [3.05, 3.63) is 29.8 Å². The van der Waals surface area contributed by atoms with Gasteiger partial charge in [0.15, 0.2) is 0 Å². The van der Waals surface area contributed by atoms with E-state index in [1.807, 2.05) is 52.0 Å². The summed E-state index contributed by atoms with van der Waals surface area (Å²) < 4.78 is 15.8. The lowest BCUT2D eigenvalue weighted by Gasteiger charge is -2.20. The van der Waals surface area contributed by atoms with Crippen molar-refractivity contribution in [1.82, 2.24) is 0 Å². The zero-order chi connectivity index (χ0) is 14.5. The highest BCUT2D eigenvalue weighted by molar-refractivity contribution is 5.71. The smallest absolute Gasteiger partial charge is 0.332 e.